The van der Waals surface area contributed by atoms with Gasteiger partial charge >= 0.3 is 6.09 Å². The number of ether oxygens (including phenoxy) is 2. The molecular weight excluding hydrogens is 218 g/mol. The first kappa shape index (κ1) is 12.7. The minimum absolute atomic E-state index is 0.166. The lowest BCUT2D eigenvalue weighted by Gasteiger charge is -2.39. The molecule has 1 amide bonds. The molecule has 0 aromatic rings. The predicted octanol–water partition coefficient (Wildman–Crippen LogP) is 2.28. The molecule has 2 fully saturated rings. The highest BCUT2D eigenvalue weighted by atomic mass is 16.6. The number of carbonyl (C=O) groups is 1. The Morgan fingerprint density at radius 1 is 1.18 bits per heavy atom. The fourth-order valence-corrected chi connectivity index (χ4v) is 2.41. The van der Waals surface area contributed by atoms with Crippen LogP contribution in [0.1, 0.15) is 33.6 Å². The maximum absolute atomic E-state index is 11.9. The van der Waals surface area contributed by atoms with Crippen molar-refractivity contribution in [1.82, 2.24) is 4.90 Å². The maximum atomic E-state index is 11.9. The Morgan fingerprint density at radius 2 is 1.76 bits per heavy atom. The number of nitrogens with zero attached hydrogens (tertiary/aromatic N) is 1. The van der Waals surface area contributed by atoms with Gasteiger partial charge in [-0.15, -0.1) is 0 Å². The zero-order valence-corrected chi connectivity index (χ0v) is 11.1. The lowest BCUT2D eigenvalue weighted by molar-refractivity contribution is -0.0727. The summed E-state index contributed by atoms with van der Waals surface area (Å²) in [6, 6.07) is 0. The summed E-state index contributed by atoms with van der Waals surface area (Å²) < 4.78 is 10.6. The minimum Gasteiger partial charge on any atom is -0.444 e. The molecule has 0 aromatic heterocycles. The van der Waals surface area contributed by atoms with Crippen LogP contribution in [0.2, 0.25) is 0 Å². The second kappa shape index (κ2) is 4.84. The number of hydrogen-bond acceptors (Lipinski definition) is 3. The smallest absolute Gasteiger partial charge is 0.410 e. The van der Waals surface area contributed by atoms with Crippen LogP contribution in [0.15, 0.2) is 0 Å². The minimum atomic E-state index is -0.393. The second-order valence-electron chi connectivity index (χ2n) is 6.10. The topological polar surface area (TPSA) is 38.8 Å². The molecule has 0 spiro atoms. The van der Waals surface area contributed by atoms with Gasteiger partial charge in [-0.3, -0.25) is 0 Å². The molecule has 98 valence electrons. The Kier molecular flexibility index (Phi) is 3.61. The van der Waals surface area contributed by atoms with Crippen LogP contribution in [0, 0.1) is 11.8 Å². The molecule has 0 N–H and O–H groups in total. The number of piperidine rings is 1. The average Bonchev–Trinajstić information content (AvgIpc) is 2.13. The number of rotatable bonds is 1. The van der Waals surface area contributed by atoms with Gasteiger partial charge in [-0.05, 0) is 39.5 Å². The monoisotopic (exact) mass is 241 g/mol. The highest BCUT2D eigenvalue weighted by Gasteiger charge is 2.33. The van der Waals surface area contributed by atoms with Gasteiger partial charge in [0.25, 0.3) is 0 Å². The number of amides is 1. The van der Waals surface area contributed by atoms with Crippen LogP contribution in [0.5, 0.6) is 0 Å². The highest BCUT2D eigenvalue weighted by Crippen LogP contribution is 2.30. The molecule has 0 saturated carbocycles. The molecule has 2 aliphatic rings. The van der Waals surface area contributed by atoms with Crippen LogP contribution in [0.4, 0.5) is 4.79 Å². The molecule has 4 heteroatoms. The molecule has 0 radical (unpaired) electrons. The maximum Gasteiger partial charge on any atom is 0.410 e. The molecule has 2 rings (SSSR count). The standard InChI is InChI=1S/C13H23NO3/c1-13(2,3)17-12(15)14-6-4-10(5-7-14)11-8-16-9-11/h10-11H,4-9H2,1-3H3. The Balaban J connectivity index is 1.76. The van der Waals surface area contributed by atoms with Gasteiger partial charge in [-0.1, -0.05) is 0 Å². The Hall–Kier alpha value is -0.770. The average molecular weight is 241 g/mol. The summed E-state index contributed by atoms with van der Waals surface area (Å²) in [4.78, 5) is 13.7. The van der Waals surface area contributed by atoms with E-state index in [1.54, 1.807) is 0 Å². The Labute approximate surface area is 103 Å². The van der Waals surface area contributed by atoms with E-state index in [0.717, 1.165) is 51.0 Å². The van der Waals surface area contributed by atoms with E-state index in [1.165, 1.54) is 0 Å². The van der Waals surface area contributed by atoms with Gasteiger partial charge in [0.1, 0.15) is 5.60 Å². The number of likely N-dealkylation sites (tertiary alicyclic amines) is 1. The summed E-state index contributed by atoms with van der Waals surface area (Å²) in [6.45, 7) is 9.20. The van der Waals surface area contributed by atoms with Crippen molar-refractivity contribution in [2.45, 2.75) is 39.2 Å². The van der Waals surface area contributed by atoms with Crippen LogP contribution in [-0.4, -0.2) is 42.9 Å². The van der Waals surface area contributed by atoms with E-state index >= 15 is 0 Å². The van der Waals surface area contributed by atoms with Gasteiger partial charge < -0.3 is 14.4 Å². The third-order valence-corrected chi connectivity index (χ3v) is 3.52. The van der Waals surface area contributed by atoms with E-state index in [-0.39, 0.29) is 6.09 Å². The summed E-state index contributed by atoms with van der Waals surface area (Å²) in [5, 5.41) is 0. The first-order chi connectivity index (χ1) is 7.96. The first-order valence-electron chi connectivity index (χ1n) is 6.51. The van der Waals surface area contributed by atoms with Crippen molar-refractivity contribution in [2.75, 3.05) is 26.3 Å². The van der Waals surface area contributed by atoms with Crippen molar-refractivity contribution in [3.63, 3.8) is 0 Å². The quantitative estimate of drug-likeness (QED) is 0.707. The molecule has 0 bridgehead atoms. The van der Waals surface area contributed by atoms with Crippen LogP contribution in [0.25, 0.3) is 0 Å². The van der Waals surface area contributed by atoms with Crippen LogP contribution >= 0.6 is 0 Å². The van der Waals surface area contributed by atoms with Gasteiger partial charge in [0.15, 0.2) is 0 Å². The largest absolute Gasteiger partial charge is 0.444 e. The van der Waals surface area contributed by atoms with Crippen molar-refractivity contribution in [2.24, 2.45) is 11.8 Å². The van der Waals surface area contributed by atoms with Crippen LogP contribution in [0.3, 0.4) is 0 Å². The van der Waals surface area contributed by atoms with Crippen LogP contribution in [-0.2, 0) is 9.47 Å². The molecule has 0 atom stereocenters. The summed E-state index contributed by atoms with van der Waals surface area (Å²) >= 11 is 0. The Morgan fingerprint density at radius 3 is 2.18 bits per heavy atom. The summed E-state index contributed by atoms with van der Waals surface area (Å²) in [5.41, 5.74) is -0.393. The number of hydrogen-bond donors (Lipinski definition) is 0. The van der Waals surface area contributed by atoms with E-state index in [1.807, 2.05) is 25.7 Å². The predicted molar refractivity (Wildman–Crippen MR) is 64.8 cm³/mol. The second-order valence-corrected chi connectivity index (χ2v) is 6.10. The van der Waals surface area contributed by atoms with E-state index in [9.17, 15) is 4.79 Å². The summed E-state index contributed by atoms with van der Waals surface area (Å²) in [5.74, 6) is 1.47. The molecule has 2 heterocycles. The lowest BCUT2D eigenvalue weighted by Crippen LogP contribution is -2.45. The van der Waals surface area contributed by atoms with Gasteiger partial charge in [-0.25, -0.2) is 4.79 Å². The van der Waals surface area contributed by atoms with Crippen molar-refractivity contribution < 1.29 is 14.3 Å². The van der Waals surface area contributed by atoms with Gasteiger partial charge in [0, 0.05) is 19.0 Å². The molecule has 0 aromatic carbocycles. The van der Waals surface area contributed by atoms with Crippen LogP contribution < -0.4 is 0 Å². The molecule has 4 nitrogen and oxygen atoms in total. The van der Waals surface area contributed by atoms with Crippen molar-refractivity contribution >= 4 is 6.09 Å². The molecule has 17 heavy (non-hydrogen) atoms. The highest BCUT2D eigenvalue weighted by molar-refractivity contribution is 5.68. The molecule has 0 unspecified atom stereocenters. The van der Waals surface area contributed by atoms with Crippen molar-refractivity contribution in [1.29, 1.82) is 0 Å². The SMILES string of the molecule is CC(C)(C)OC(=O)N1CCC(C2COC2)CC1. The zero-order valence-electron chi connectivity index (χ0n) is 11.1. The van der Waals surface area contributed by atoms with E-state index in [2.05, 4.69) is 0 Å². The fourth-order valence-electron chi connectivity index (χ4n) is 2.41. The van der Waals surface area contributed by atoms with Crippen molar-refractivity contribution in [3.8, 4) is 0 Å². The third-order valence-electron chi connectivity index (χ3n) is 3.52. The fraction of sp³-hybridized carbons (Fsp3) is 0.923. The Bertz CT molecular complexity index is 273. The zero-order chi connectivity index (χ0) is 12.5. The first-order valence-corrected chi connectivity index (χ1v) is 6.51. The molecule has 0 aliphatic carbocycles. The van der Waals surface area contributed by atoms with Gasteiger partial charge in [-0.2, -0.15) is 0 Å². The molecular formula is C13H23NO3. The normalized spacial score (nSPS) is 23.4. The number of carbonyl (C=O) groups excluding carboxylic acids is 1. The summed E-state index contributed by atoms with van der Waals surface area (Å²) in [6.07, 6.45) is 2.02. The third kappa shape index (κ3) is 3.35. The molecule has 2 aliphatic heterocycles. The lowest BCUT2D eigenvalue weighted by atomic mass is 9.83. The van der Waals surface area contributed by atoms with Gasteiger partial charge in [0.05, 0.1) is 13.2 Å². The van der Waals surface area contributed by atoms with Gasteiger partial charge in [0.2, 0.25) is 0 Å². The molecule has 2 saturated heterocycles. The summed E-state index contributed by atoms with van der Waals surface area (Å²) in [7, 11) is 0. The van der Waals surface area contributed by atoms with E-state index < -0.39 is 5.60 Å². The van der Waals surface area contributed by atoms with Crippen molar-refractivity contribution in [3.05, 3.63) is 0 Å². The van der Waals surface area contributed by atoms with E-state index in [4.69, 9.17) is 9.47 Å². The van der Waals surface area contributed by atoms with E-state index in [0.29, 0.717) is 0 Å².